The Kier molecular flexibility index (Phi) is 4.75. The normalized spacial score (nSPS) is 11.3. The second-order valence-corrected chi connectivity index (χ2v) is 6.31. The first-order valence-corrected chi connectivity index (χ1v) is 7.34. The van der Waals surface area contributed by atoms with Crippen molar-refractivity contribution in [3.8, 4) is 0 Å². The molecule has 22 heavy (non-hydrogen) atoms. The Morgan fingerprint density at radius 1 is 1.41 bits per heavy atom. The van der Waals surface area contributed by atoms with Crippen LogP contribution in [0, 0.1) is 5.82 Å². The van der Waals surface area contributed by atoms with Crippen LogP contribution in [-0.4, -0.2) is 27.9 Å². The van der Waals surface area contributed by atoms with E-state index in [0.717, 1.165) is 10.5 Å². The van der Waals surface area contributed by atoms with Crippen molar-refractivity contribution in [2.75, 3.05) is 11.4 Å². The maximum Gasteiger partial charge on any atom is 0.413 e. The molecule has 0 fully saturated rings. The third-order valence-corrected chi connectivity index (χ3v) is 3.94. The molecule has 0 saturated heterocycles. The first-order valence-electron chi connectivity index (χ1n) is 6.55. The quantitative estimate of drug-likeness (QED) is 0.891. The predicted octanol–water partition coefficient (Wildman–Crippen LogP) is 3.84. The summed E-state index contributed by atoms with van der Waals surface area (Å²) in [7, 11) is 0. The van der Waals surface area contributed by atoms with E-state index in [1.807, 2.05) is 13.8 Å². The lowest BCUT2D eigenvalue weighted by Crippen LogP contribution is -2.41. The molecule has 0 unspecified atom stereocenters. The van der Waals surface area contributed by atoms with Crippen LogP contribution in [0.15, 0.2) is 41.0 Å². The van der Waals surface area contributed by atoms with Gasteiger partial charge in [-0.25, -0.2) is 9.18 Å². The van der Waals surface area contributed by atoms with Crippen molar-refractivity contribution in [3.63, 3.8) is 0 Å². The van der Waals surface area contributed by atoms with Gasteiger partial charge in [-0.3, -0.25) is 4.90 Å². The van der Waals surface area contributed by atoms with Crippen molar-refractivity contribution in [3.05, 3.63) is 52.4 Å². The smallest absolute Gasteiger partial charge is 0.413 e. The highest BCUT2D eigenvalue weighted by atomic mass is 79.9. The summed E-state index contributed by atoms with van der Waals surface area (Å²) in [6.07, 6.45) is 0.359. The number of hydrogen-bond donors (Lipinski definition) is 1. The van der Waals surface area contributed by atoms with Crippen molar-refractivity contribution in [2.45, 2.75) is 19.3 Å². The van der Waals surface area contributed by atoms with Gasteiger partial charge in [0, 0.05) is 22.6 Å². The molecule has 1 heterocycles. The fourth-order valence-corrected chi connectivity index (χ4v) is 3.09. The number of benzene rings is 1. The summed E-state index contributed by atoms with van der Waals surface area (Å²) in [5, 5.41) is 17.0. The Morgan fingerprint density at radius 2 is 2.14 bits per heavy atom. The van der Waals surface area contributed by atoms with E-state index in [2.05, 4.69) is 26.1 Å². The van der Waals surface area contributed by atoms with Crippen LogP contribution in [0.25, 0.3) is 0 Å². The van der Waals surface area contributed by atoms with Crippen LogP contribution in [0.5, 0.6) is 0 Å². The summed E-state index contributed by atoms with van der Waals surface area (Å²) in [4.78, 5) is 12.7. The van der Waals surface area contributed by atoms with Crippen LogP contribution >= 0.6 is 15.9 Å². The molecule has 0 bridgehead atoms. The second kappa shape index (κ2) is 6.39. The highest BCUT2D eigenvalue weighted by molar-refractivity contribution is 9.10. The van der Waals surface area contributed by atoms with Crippen molar-refractivity contribution < 1.29 is 14.3 Å². The first kappa shape index (κ1) is 16.4. The molecule has 0 radical (unpaired) electrons. The van der Waals surface area contributed by atoms with E-state index < -0.39 is 11.5 Å². The molecule has 0 atom stereocenters. The van der Waals surface area contributed by atoms with Gasteiger partial charge < -0.3 is 5.11 Å². The van der Waals surface area contributed by atoms with Crippen LogP contribution in [-0.2, 0) is 5.41 Å². The molecule has 2 aromatic rings. The zero-order valence-corrected chi connectivity index (χ0v) is 13.7. The number of hydrogen-bond acceptors (Lipinski definition) is 3. The third-order valence-electron chi connectivity index (χ3n) is 3.28. The van der Waals surface area contributed by atoms with Crippen molar-refractivity contribution >= 4 is 27.8 Å². The molecule has 0 spiro atoms. The molecule has 1 aromatic heterocycles. The van der Waals surface area contributed by atoms with Crippen LogP contribution in [0.3, 0.4) is 0 Å². The number of aromatic nitrogens is 2. The van der Waals surface area contributed by atoms with E-state index in [0.29, 0.717) is 4.47 Å². The lowest BCUT2D eigenvalue weighted by atomic mass is 9.84. The summed E-state index contributed by atoms with van der Waals surface area (Å²) in [5.74, 6) is -0.100. The number of carbonyl (C=O) groups is 1. The Balaban J connectivity index is 2.34. The minimum absolute atomic E-state index is 0.158. The largest absolute Gasteiger partial charge is 0.465 e. The van der Waals surface area contributed by atoms with Gasteiger partial charge in [-0.05, 0) is 29.8 Å². The summed E-state index contributed by atoms with van der Waals surface area (Å²) in [6.45, 7) is 3.93. The maximum absolute atomic E-state index is 13.2. The van der Waals surface area contributed by atoms with Gasteiger partial charge in [-0.2, -0.15) is 5.10 Å². The van der Waals surface area contributed by atoms with E-state index in [1.54, 1.807) is 18.2 Å². The molecule has 0 saturated carbocycles. The highest BCUT2D eigenvalue weighted by Gasteiger charge is 2.30. The van der Waals surface area contributed by atoms with Gasteiger partial charge in [0.2, 0.25) is 0 Å². The average molecular weight is 368 g/mol. The van der Waals surface area contributed by atoms with Crippen LogP contribution in [0.2, 0.25) is 0 Å². The SMILES string of the molecule is CC(C)(CN(C(=O)O)c1cccnn1)c1ccc(F)cc1Br. The predicted molar refractivity (Wildman–Crippen MR) is 84.5 cm³/mol. The Morgan fingerprint density at radius 3 is 2.68 bits per heavy atom. The van der Waals surface area contributed by atoms with E-state index in [1.165, 1.54) is 18.3 Å². The third kappa shape index (κ3) is 3.59. The van der Waals surface area contributed by atoms with E-state index in [-0.39, 0.29) is 18.2 Å². The van der Waals surface area contributed by atoms with Crippen molar-refractivity contribution in [2.24, 2.45) is 0 Å². The summed E-state index contributed by atoms with van der Waals surface area (Å²) in [6, 6.07) is 7.58. The number of nitrogens with zero attached hydrogens (tertiary/aromatic N) is 3. The summed E-state index contributed by atoms with van der Waals surface area (Å²) < 4.78 is 13.8. The van der Waals surface area contributed by atoms with Crippen LogP contribution < -0.4 is 4.90 Å². The number of halogens is 2. The minimum atomic E-state index is -1.12. The fraction of sp³-hybridized carbons (Fsp3) is 0.267. The van der Waals surface area contributed by atoms with Crippen molar-refractivity contribution in [1.82, 2.24) is 10.2 Å². The lowest BCUT2D eigenvalue weighted by molar-refractivity contribution is 0.199. The van der Waals surface area contributed by atoms with Gasteiger partial charge in [0.1, 0.15) is 5.82 Å². The molecule has 5 nitrogen and oxygen atoms in total. The number of rotatable bonds is 4. The molecule has 1 amide bonds. The van der Waals surface area contributed by atoms with Gasteiger partial charge in [0.05, 0.1) is 0 Å². The fourth-order valence-electron chi connectivity index (χ4n) is 2.20. The summed E-state index contributed by atoms with van der Waals surface area (Å²) >= 11 is 3.33. The number of anilines is 1. The zero-order valence-electron chi connectivity index (χ0n) is 12.1. The van der Waals surface area contributed by atoms with Gasteiger partial charge in [-0.1, -0.05) is 35.8 Å². The van der Waals surface area contributed by atoms with Gasteiger partial charge in [-0.15, -0.1) is 5.10 Å². The number of amides is 1. The molecular weight excluding hydrogens is 353 g/mol. The Hall–Kier alpha value is -2.02. The molecule has 0 aliphatic heterocycles. The van der Waals surface area contributed by atoms with Gasteiger partial charge >= 0.3 is 6.09 Å². The molecule has 7 heteroatoms. The molecular formula is C15H15BrFN3O2. The monoisotopic (exact) mass is 367 g/mol. The number of carboxylic acid groups (broad SMARTS) is 1. The van der Waals surface area contributed by atoms with Crippen LogP contribution in [0.1, 0.15) is 19.4 Å². The van der Waals surface area contributed by atoms with Gasteiger partial charge in [0.25, 0.3) is 0 Å². The van der Waals surface area contributed by atoms with E-state index in [9.17, 15) is 14.3 Å². The topological polar surface area (TPSA) is 66.3 Å². The summed E-state index contributed by atoms with van der Waals surface area (Å²) in [5.41, 5.74) is 0.256. The molecule has 116 valence electrons. The lowest BCUT2D eigenvalue weighted by Gasteiger charge is -2.31. The van der Waals surface area contributed by atoms with Crippen molar-refractivity contribution in [1.29, 1.82) is 0 Å². The molecule has 1 aromatic carbocycles. The molecule has 2 rings (SSSR count). The highest BCUT2D eigenvalue weighted by Crippen LogP contribution is 2.32. The Bertz CT molecular complexity index is 680. The standard InChI is InChI=1S/C15H15BrFN3O2/c1-15(2,11-6-5-10(17)8-12(11)16)9-20(14(21)22)13-4-3-7-18-19-13/h3-8H,9H2,1-2H3,(H,21,22). The zero-order chi connectivity index (χ0) is 16.3. The average Bonchev–Trinajstić information content (AvgIpc) is 2.45. The van der Waals surface area contributed by atoms with E-state index >= 15 is 0 Å². The Labute approximate surface area is 135 Å². The van der Waals surface area contributed by atoms with Gasteiger partial charge in [0.15, 0.2) is 5.82 Å². The van der Waals surface area contributed by atoms with Crippen LogP contribution in [0.4, 0.5) is 15.0 Å². The first-order chi connectivity index (χ1) is 10.3. The molecule has 0 aliphatic rings. The maximum atomic E-state index is 13.2. The second-order valence-electron chi connectivity index (χ2n) is 5.46. The minimum Gasteiger partial charge on any atom is -0.465 e. The molecule has 0 aliphatic carbocycles. The molecule has 1 N–H and O–H groups in total. The van der Waals surface area contributed by atoms with E-state index in [4.69, 9.17) is 0 Å².